The first kappa shape index (κ1) is 43.2. The monoisotopic (exact) mass is 805 g/mol. The molecule has 0 radical (unpaired) electrons. The topological polar surface area (TPSA) is 319 Å². The molecule has 6 amide bonds. The van der Waals surface area contributed by atoms with Gasteiger partial charge in [0.25, 0.3) is 0 Å². The van der Waals surface area contributed by atoms with E-state index < -0.39 is 115 Å². The van der Waals surface area contributed by atoms with Gasteiger partial charge in [-0.3, -0.25) is 28.8 Å². The summed E-state index contributed by atoms with van der Waals surface area (Å²) >= 11 is 0. The molecule has 57 heavy (non-hydrogen) atoms. The summed E-state index contributed by atoms with van der Waals surface area (Å²) in [7, 11) is 0. The van der Waals surface area contributed by atoms with Crippen LogP contribution < -0.4 is 21.3 Å². The third-order valence-electron chi connectivity index (χ3n) is 10.8. The molecule has 0 unspecified atom stereocenters. The zero-order valence-electron chi connectivity index (χ0n) is 31.3. The molecule has 0 saturated carbocycles. The van der Waals surface area contributed by atoms with Crippen LogP contribution in [0.2, 0.25) is 0 Å². The average molecular weight is 806 g/mol. The van der Waals surface area contributed by atoms with Gasteiger partial charge in [0, 0.05) is 45.3 Å². The minimum Gasteiger partial charge on any atom is -0.508 e. The molecule has 4 heterocycles. The summed E-state index contributed by atoms with van der Waals surface area (Å²) in [5.74, 6) is -6.53. The fraction of sp³-hybridized carbons (Fsp3) is 0.639. The number of β-amino-alcohol motifs (C(OH)–C–C–N with tert-alkyl or cyclic N) is 3. The zero-order valence-corrected chi connectivity index (χ0v) is 31.3. The van der Waals surface area contributed by atoms with Gasteiger partial charge in [-0.25, -0.2) is 4.79 Å². The normalized spacial score (nSPS) is 28.0. The number of carboxylic acid groups (broad SMARTS) is 1. The van der Waals surface area contributed by atoms with Crippen LogP contribution in [0, 0.1) is 0 Å². The fourth-order valence-electron chi connectivity index (χ4n) is 7.82. The largest absolute Gasteiger partial charge is 0.508 e. The number of aromatic hydroxyl groups is 1. The van der Waals surface area contributed by atoms with Crippen LogP contribution in [0.5, 0.6) is 5.75 Å². The molecule has 11 N–H and O–H groups in total. The number of aliphatic hydroxyl groups excluding tert-OH is 5. The molecule has 1 aromatic carbocycles. The van der Waals surface area contributed by atoms with E-state index in [2.05, 4.69) is 21.3 Å². The number of nitrogens with zero attached hydrogens (tertiary/aromatic N) is 3. The van der Waals surface area contributed by atoms with E-state index in [9.17, 15) is 69.3 Å². The number of carbonyl (C=O) groups is 7. The van der Waals surface area contributed by atoms with Gasteiger partial charge in [-0.05, 0) is 44.0 Å². The van der Waals surface area contributed by atoms with Gasteiger partial charge in [0.15, 0.2) is 6.04 Å². The molecule has 21 heteroatoms. The number of rotatable bonds is 14. The molecule has 0 aliphatic carbocycles. The predicted molar refractivity (Wildman–Crippen MR) is 193 cm³/mol. The van der Waals surface area contributed by atoms with Gasteiger partial charge in [-0.2, -0.15) is 0 Å². The van der Waals surface area contributed by atoms with E-state index >= 15 is 0 Å². The van der Waals surface area contributed by atoms with Crippen LogP contribution in [0.4, 0.5) is 0 Å². The number of carbonyl (C=O) groups excluding carboxylic acids is 6. The Labute approximate surface area is 327 Å². The maximum atomic E-state index is 14.4. The lowest BCUT2D eigenvalue weighted by molar-refractivity contribution is -0.152. The molecule has 4 fully saturated rings. The van der Waals surface area contributed by atoms with Crippen LogP contribution in [0.3, 0.4) is 0 Å². The summed E-state index contributed by atoms with van der Waals surface area (Å²) < 4.78 is 0. The number of aliphatic carboxylic acids is 1. The molecule has 0 spiro atoms. The number of aliphatic hydroxyl groups is 5. The van der Waals surface area contributed by atoms with Crippen LogP contribution in [-0.2, 0) is 40.0 Å². The summed E-state index contributed by atoms with van der Waals surface area (Å²) in [6.07, 6.45) is -4.93. The molecule has 21 nitrogen and oxygen atoms in total. The number of phenols is 1. The molecular weight excluding hydrogens is 754 g/mol. The Bertz CT molecular complexity index is 1670. The second kappa shape index (κ2) is 18.6. The van der Waals surface area contributed by atoms with Gasteiger partial charge < -0.3 is 71.7 Å². The van der Waals surface area contributed by atoms with E-state index in [1.165, 1.54) is 24.3 Å². The Morgan fingerprint density at radius 1 is 0.772 bits per heavy atom. The summed E-state index contributed by atoms with van der Waals surface area (Å²) in [4.78, 5) is 96.8. The highest BCUT2D eigenvalue weighted by Crippen LogP contribution is 2.30. The molecule has 4 saturated heterocycles. The van der Waals surface area contributed by atoms with Crippen LogP contribution in [-0.4, -0.2) is 191 Å². The van der Waals surface area contributed by atoms with Gasteiger partial charge in [0.05, 0.1) is 37.1 Å². The average Bonchev–Trinajstić information content (AvgIpc) is 3.99. The lowest BCUT2D eigenvalue weighted by Gasteiger charge is -2.35. The van der Waals surface area contributed by atoms with Gasteiger partial charge in [-0.1, -0.05) is 12.1 Å². The van der Waals surface area contributed by atoms with Crippen LogP contribution in [0.1, 0.15) is 44.6 Å². The Hall–Kier alpha value is -4.93. The van der Waals surface area contributed by atoms with Crippen molar-refractivity contribution in [3.05, 3.63) is 29.8 Å². The minimum atomic E-state index is -1.72. The summed E-state index contributed by atoms with van der Waals surface area (Å²) in [6.45, 7) is -0.167. The zero-order chi connectivity index (χ0) is 41.7. The van der Waals surface area contributed by atoms with Crippen molar-refractivity contribution >= 4 is 41.4 Å². The molecular formula is C36H51N7O14. The molecule has 1 aromatic rings. The second-order valence-electron chi connectivity index (χ2n) is 15.1. The van der Waals surface area contributed by atoms with E-state index in [1.807, 2.05) is 0 Å². The van der Waals surface area contributed by atoms with Crippen molar-refractivity contribution in [1.29, 1.82) is 0 Å². The molecule has 4 aliphatic heterocycles. The maximum absolute atomic E-state index is 14.4. The van der Waals surface area contributed by atoms with Crippen molar-refractivity contribution in [2.24, 2.45) is 0 Å². The first-order valence-electron chi connectivity index (χ1n) is 18.9. The smallest absolute Gasteiger partial charge is 0.328 e. The van der Waals surface area contributed by atoms with Crippen molar-refractivity contribution in [3.8, 4) is 5.75 Å². The van der Waals surface area contributed by atoms with Crippen LogP contribution >= 0.6 is 0 Å². The number of phenolic OH excluding ortho intramolecular Hbond substituents is 1. The summed E-state index contributed by atoms with van der Waals surface area (Å²) in [6, 6.07) is -3.65. The number of nitrogens with one attached hydrogen (secondary N) is 4. The highest BCUT2D eigenvalue weighted by atomic mass is 16.4. The Morgan fingerprint density at radius 2 is 1.32 bits per heavy atom. The number of hydrogen-bond acceptors (Lipinski definition) is 14. The van der Waals surface area contributed by atoms with Crippen LogP contribution in [0.15, 0.2) is 24.3 Å². The first-order valence-corrected chi connectivity index (χ1v) is 18.9. The fourth-order valence-corrected chi connectivity index (χ4v) is 7.82. The van der Waals surface area contributed by atoms with Gasteiger partial charge in [-0.15, -0.1) is 0 Å². The van der Waals surface area contributed by atoms with Crippen molar-refractivity contribution < 1.29 is 69.3 Å². The van der Waals surface area contributed by atoms with Crippen molar-refractivity contribution in [3.63, 3.8) is 0 Å². The highest BCUT2D eigenvalue weighted by Gasteiger charge is 2.51. The third-order valence-corrected chi connectivity index (χ3v) is 10.8. The van der Waals surface area contributed by atoms with Crippen LogP contribution in [0.25, 0.3) is 0 Å². The molecule has 0 aromatic heterocycles. The molecule has 5 rings (SSSR count). The molecule has 0 bridgehead atoms. The number of likely N-dealkylation sites (tertiary alicyclic amines) is 3. The van der Waals surface area contributed by atoms with Crippen molar-refractivity contribution in [2.75, 3.05) is 32.8 Å². The first-order chi connectivity index (χ1) is 27.0. The third kappa shape index (κ3) is 10.1. The van der Waals surface area contributed by atoms with E-state index in [4.69, 9.17) is 0 Å². The molecule has 314 valence electrons. The Balaban J connectivity index is 1.36. The number of carboxylic acids is 1. The van der Waals surface area contributed by atoms with Crippen molar-refractivity contribution in [2.45, 2.75) is 112 Å². The summed E-state index contributed by atoms with van der Waals surface area (Å²) in [5, 5.41) is 81.2. The number of hydrogen-bond donors (Lipinski definition) is 11. The van der Waals surface area contributed by atoms with E-state index in [1.54, 1.807) is 0 Å². The maximum Gasteiger partial charge on any atom is 0.328 e. The lowest BCUT2D eigenvalue weighted by Crippen LogP contribution is -2.60. The van der Waals surface area contributed by atoms with E-state index in [-0.39, 0.29) is 51.1 Å². The molecule has 11 atom stereocenters. The molecule has 4 aliphatic rings. The Kier molecular flexibility index (Phi) is 14.1. The summed E-state index contributed by atoms with van der Waals surface area (Å²) in [5.41, 5.74) is 0.469. The SMILES string of the molecule is C[C@@H](O)[C@H](NC(=O)[C@@H]1C[C@@H](O)CN1C(=O)[C@@H]1C[C@@H](O)CN1C(=O)[C@@H]1C[C@@H](O)CN1C(=O)[C@H](Cc1ccc(O)cc1)NC(=O)[C@H](CO)NC(=O)[C@@H]1CCCN1)C(=O)O. The van der Waals surface area contributed by atoms with Gasteiger partial charge in [0.2, 0.25) is 35.4 Å². The van der Waals surface area contributed by atoms with Crippen molar-refractivity contribution in [1.82, 2.24) is 36.0 Å². The second-order valence-corrected chi connectivity index (χ2v) is 15.1. The number of benzene rings is 1. The van der Waals surface area contributed by atoms with E-state index in [0.29, 0.717) is 18.5 Å². The minimum absolute atomic E-state index is 0.0703. The quantitative estimate of drug-likeness (QED) is 0.0836. The highest BCUT2D eigenvalue weighted by molar-refractivity contribution is 5.98. The predicted octanol–water partition coefficient (Wildman–Crippen LogP) is -5.52. The standard InChI is InChI=1S/C36H51N7O14/c1-17(45)29(36(56)57)40-32(52)26-10-20(47)13-41(26)34(54)28-12-22(49)15-43(28)35(55)27-11-21(48)14-42(27)33(53)24(9-18-4-6-19(46)7-5-18)38-31(51)25(16-44)39-30(50)23-3-2-8-37-23/h4-7,17,20-29,37,44-49H,2-3,8-16H2,1H3,(H,38,51)(H,39,50)(H,40,52)(H,56,57)/t17-,20-,21-,22-,23+,24+,25+,26+,27+,28+,29+/m1/s1. The lowest BCUT2D eigenvalue weighted by atomic mass is 10.0. The number of amides is 6. The van der Waals surface area contributed by atoms with E-state index in [0.717, 1.165) is 28.0 Å². The Morgan fingerprint density at radius 3 is 1.84 bits per heavy atom. The van der Waals surface area contributed by atoms with Gasteiger partial charge in [0.1, 0.15) is 36.0 Å². The van der Waals surface area contributed by atoms with Gasteiger partial charge >= 0.3 is 5.97 Å².